The van der Waals surface area contributed by atoms with Crippen LogP contribution >= 0.6 is 0 Å². The van der Waals surface area contributed by atoms with Crippen molar-refractivity contribution in [2.75, 3.05) is 7.11 Å². The molecule has 0 saturated carbocycles. The topological polar surface area (TPSA) is 21.6 Å². The van der Waals surface area contributed by atoms with Crippen LogP contribution in [0, 0.1) is 5.41 Å². The predicted octanol–water partition coefficient (Wildman–Crippen LogP) is 2.88. The molecule has 0 N–H and O–H groups in total. The van der Waals surface area contributed by atoms with Gasteiger partial charge in [0.05, 0.1) is 5.71 Å². The van der Waals surface area contributed by atoms with Crippen molar-refractivity contribution >= 4 is 5.71 Å². The quantitative estimate of drug-likeness (QED) is 0.724. The van der Waals surface area contributed by atoms with Crippen molar-refractivity contribution in [2.45, 2.75) is 26.5 Å². The van der Waals surface area contributed by atoms with Gasteiger partial charge in [-0.2, -0.15) is 0 Å². The summed E-state index contributed by atoms with van der Waals surface area (Å²) in [6, 6.07) is 10.3. The van der Waals surface area contributed by atoms with Crippen molar-refractivity contribution in [2.24, 2.45) is 10.4 Å². The first-order valence-corrected chi connectivity index (χ1v) is 5.30. The van der Waals surface area contributed by atoms with E-state index < -0.39 is 0 Å². The van der Waals surface area contributed by atoms with Crippen LogP contribution in [0.2, 0.25) is 0 Å². The molecule has 2 nitrogen and oxygen atoms in total. The summed E-state index contributed by atoms with van der Waals surface area (Å²) in [5, 5.41) is 0. The summed E-state index contributed by atoms with van der Waals surface area (Å²) in [6.07, 6.45) is 0.989. The normalized spacial score (nSPS) is 23.9. The van der Waals surface area contributed by atoms with E-state index in [1.54, 1.807) is 7.11 Å². The molecule has 0 saturated heterocycles. The fourth-order valence-corrected chi connectivity index (χ4v) is 2.09. The fourth-order valence-electron chi connectivity index (χ4n) is 2.09. The monoisotopic (exact) mass is 203 g/mol. The number of ether oxygens (including phenoxy) is 1. The zero-order chi connectivity index (χ0) is 10.9. The molecule has 1 unspecified atom stereocenters. The first-order chi connectivity index (χ1) is 7.13. The van der Waals surface area contributed by atoms with Crippen molar-refractivity contribution in [3.63, 3.8) is 0 Å². The molecule has 1 heterocycles. The maximum absolute atomic E-state index is 5.31. The second-order valence-electron chi connectivity index (χ2n) is 4.62. The van der Waals surface area contributed by atoms with Crippen LogP contribution in [0.25, 0.3) is 0 Å². The third-order valence-corrected chi connectivity index (χ3v) is 2.92. The molecule has 15 heavy (non-hydrogen) atoms. The molecule has 0 radical (unpaired) electrons. The lowest BCUT2D eigenvalue weighted by atomic mass is 9.82. The van der Waals surface area contributed by atoms with E-state index in [1.165, 1.54) is 5.56 Å². The van der Waals surface area contributed by atoms with Gasteiger partial charge in [-0.25, -0.2) is 0 Å². The Balaban J connectivity index is 2.36. The van der Waals surface area contributed by atoms with Gasteiger partial charge in [0, 0.05) is 18.9 Å². The molecule has 0 aromatic heterocycles. The minimum atomic E-state index is 0.0233. The predicted molar refractivity (Wildman–Crippen MR) is 62.2 cm³/mol. The highest BCUT2D eigenvalue weighted by Crippen LogP contribution is 2.35. The van der Waals surface area contributed by atoms with Gasteiger partial charge in [0.1, 0.15) is 6.23 Å². The largest absolute Gasteiger partial charge is 0.360 e. The van der Waals surface area contributed by atoms with Crippen LogP contribution in [0.4, 0.5) is 0 Å². The van der Waals surface area contributed by atoms with E-state index in [0.717, 1.165) is 12.1 Å². The highest BCUT2D eigenvalue weighted by Gasteiger charge is 2.35. The minimum absolute atomic E-state index is 0.0233. The van der Waals surface area contributed by atoms with Crippen LogP contribution in [-0.4, -0.2) is 19.0 Å². The summed E-state index contributed by atoms with van der Waals surface area (Å²) in [6.45, 7) is 4.44. The third-order valence-electron chi connectivity index (χ3n) is 2.92. The van der Waals surface area contributed by atoms with E-state index in [4.69, 9.17) is 4.74 Å². The van der Waals surface area contributed by atoms with Crippen molar-refractivity contribution in [3.8, 4) is 0 Å². The van der Waals surface area contributed by atoms with Gasteiger partial charge in [-0.1, -0.05) is 44.2 Å². The Hall–Kier alpha value is -1.15. The lowest BCUT2D eigenvalue weighted by Crippen LogP contribution is -2.21. The smallest absolute Gasteiger partial charge is 0.149 e. The molecule has 0 amide bonds. The van der Waals surface area contributed by atoms with E-state index in [1.807, 2.05) is 18.2 Å². The molecule has 80 valence electrons. The lowest BCUT2D eigenvalue weighted by Gasteiger charge is -2.20. The fraction of sp³-hybridized carbons (Fsp3) is 0.462. The van der Waals surface area contributed by atoms with E-state index in [0.29, 0.717) is 0 Å². The van der Waals surface area contributed by atoms with Crippen molar-refractivity contribution in [1.82, 2.24) is 0 Å². The maximum Gasteiger partial charge on any atom is 0.149 e. The number of benzene rings is 1. The van der Waals surface area contributed by atoms with Crippen molar-refractivity contribution in [3.05, 3.63) is 35.9 Å². The molecule has 1 aliphatic rings. The Morgan fingerprint density at radius 1 is 1.27 bits per heavy atom. The summed E-state index contributed by atoms with van der Waals surface area (Å²) in [7, 11) is 1.72. The van der Waals surface area contributed by atoms with Crippen molar-refractivity contribution in [1.29, 1.82) is 0 Å². The van der Waals surface area contributed by atoms with E-state index in [-0.39, 0.29) is 11.6 Å². The Kier molecular flexibility index (Phi) is 2.61. The second kappa shape index (κ2) is 3.78. The van der Waals surface area contributed by atoms with Gasteiger partial charge in [0.2, 0.25) is 0 Å². The standard InChI is InChI=1S/C13H17NO/c1-13(2)9-11(15-3)14-12(13)10-7-5-4-6-8-10/h4-8,11H,9H2,1-3H3. The minimum Gasteiger partial charge on any atom is -0.360 e. The zero-order valence-electron chi connectivity index (χ0n) is 9.53. The van der Waals surface area contributed by atoms with E-state index in [9.17, 15) is 0 Å². The van der Waals surface area contributed by atoms with Gasteiger partial charge in [-0.05, 0) is 5.56 Å². The number of hydrogen-bond acceptors (Lipinski definition) is 2. The first kappa shape index (κ1) is 10.4. The average molecular weight is 203 g/mol. The SMILES string of the molecule is COC1CC(C)(C)C(c2ccccc2)=N1. The number of nitrogens with zero attached hydrogens (tertiary/aromatic N) is 1. The number of aliphatic imine (C=N–C) groups is 1. The zero-order valence-corrected chi connectivity index (χ0v) is 9.53. The van der Waals surface area contributed by atoms with Gasteiger partial charge < -0.3 is 4.74 Å². The molecule has 0 fully saturated rings. The maximum atomic E-state index is 5.31. The summed E-state index contributed by atoms with van der Waals surface area (Å²) in [5.74, 6) is 0. The summed E-state index contributed by atoms with van der Waals surface area (Å²) in [4.78, 5) is 4.62. The van der Waals surface area contributed by atoms with Gasteiger partial charge in [0.25, 0.3) is 0 Å². The summed E-state index contributed by atoms with van der Waals surface area (Å²) < 4.78 is 5.31. The summed E-state index contributed by atoms with van der Waals surface area (Å²) in [5.41, 5.74) is 2.49. The van der Waals surface area contributed by atoms with Gasteiger partial charge >= 0.3 is 0 Å². The van der Waals surface area contributed by atoms with E-state index >= 15 is 0 Å². The molecule has 1 aromatic carbocycles. The molecule has 2 rings (SSSR count). The Morgan fingerprint density at radius 2 is 1.93 bits per heavy atom. The molecule has 1 aliphatic heterocycles. The Bertz CT molecular complexity index is 367. The van der Waals surface area contributed by atoms with Gasteiger partial charge in [-0.15, -0.1) is 0 Å². The molecule has 1 aromatic rings. The van der Waals surface area contributed by atoms with E-state index in [2.05, 4.69) is 31.0 Å². The molecule has 2 heteroatoms. The van der Waals surface area contributed by atoms with Crippen LogP contribution < -0.4 is 0 Å². The van der Waals surface area contributed by atoms with Crippen LogP contribution in [0.3, 0.4) is 0 Å². The van der Waals surface area contributed by atoms with Gasteiger partial charge in [0.15, 0.2) is 0 Å². The molecule has 0 bridgehead atoms. The number of methoxy groups -OCH3 is 1. The Morgan fingerprint density at radius 3 is 2.47 bits per heavy atom. The number of rotatable bonds is 2. The third kappa shape index (κ3) is 1.95. The van der Waals surface area contributed by atoms with Crippen LogP contribution in [-0.2, 0) is 4.74 Å². The molecule has 0 aliphatic carbocycles. The first-order valence-electron chi connectivity index (χ1n) is 5.30. The molecular formula is C13H17NO. The Labute approximate surface area is 91.0 Å². The molecule has 0 spiro atoms. The highest BCUT2D eigenvalue weighted by atomic mass is 16.5. The van der Waals surface area contributed by atoms with Crippen LogP contribution in [0.1, 0.15) is 25.8 Å². The molecule has 1 atom stereocenters. The average Bonchev–Trinajstić information content (AvgIpc) is 2.55. The lowest BCUT2D eigenvalue weighted by molar-refractivity contribution is 0.0965. The van der Waals surface area contributed by atoms with Crippen molar-refractivity contribution < 1.29 is 4.74 Å². The van der Waals surface area contributed by atoms with Crippen LogP contribution in [0.5, 0.6) is 0 Å². The molecular weight excluding hydrogens is 186 g/mol. The second-order valence-corrected chi connectivity index (χ2v) is 4.62. The highest BCUT2D eigenvalue weighted by molar-refractivity contribution is 6.05. The summed E-state index contributed by atoms with van der Waals surface area (Å²) >= 11 is 0. The van der Waals surface area contributed by atoms with Gasteiger partial charge in [-0.3, -0.25) is 4.99 Å². The van der Waals surface area contributed by atoms with Crippen LogP contribution in [0.15, 0.2) is 35.3 Å². The number of hydrogen-bond donors (Lipinski definition) is 0.